The molecule has 0 atom stereocenters. The molecule has 0 aliphatic heterocycles. The van der Waals surface area contributed by atoms with Crippen LogP contribution >= 0.6 is 0 Å². The van der Waals surface area contributed by atoms with Crippen LogP contribution in [0.3, 0.4) is 0 Å². The minimum atomic E-state index is -3.85. The Labute approximate surface area is 164 Å². The molecule has 0 bridgehead atoms. The van der Waals surface area contributed by atoms with Gasteiger partial charge in [0.2, 0.25) is 10.0 Å². The van der Waals surface area contributed by atoms with Gasteiger partial charge < -0.3 is 0 Å². The zero-order chi connectivity index (χ0) is 20.3. The summed E-state index contributed by atoms with van der Waals surface area (Å²) in [6.45, 7) is 3.01. The highest BCUT2D eigenvalue weighted by molar-refractivity contribution is 7.89. The van der Waals surface area contributed by atoms with E-state index in [0.29, 0.717) is 11.1 Å². The molecule has 0 aromatic heterocycles. The number of aryl methyl sites for hydroxylation is 2. The van der Waals surface area contributed by atoms with Gasteiger partial charge >= 0.3 is 0 Å². The number of nitrogens with one attached hydrogen (secondary N) is 1. The van der Waals surface area contributed by atoms with Crippen molar-refractivity contribution in [2.45, 2.75) is 18.7 Å². The topological polar surface area (TPSA) is 63.2 Å². The summed E-state index contributed by atoms with van der Waals surface area (Å²) in [4.78, 5) is 12.6. The van der Waals surface area contributed by atoms with Gasteiger partial charge in [-0.25, -0.2) is 17.5 Å². The maximum absolute atomic E-state index is 14.6. The van der Waals surface area contributed by atoms with Crippen molar-refractivity contribution in [3.05, 3.63) is 89.2 Å². The number of halogens is 1. The average molecular weight is 397 g/mol. The third kappa shape index (κ3) is 4.35. The zero-order valence-electron chi connectivity index (χ0n) is 15.6. The van der Waals surface area contributed by atoms with Gasteiger partial charge in [0.1, 0.15) is 5.82 Å². The van der Waals surface area contributed by atoms with E-state index in [1.807, 2.05) is 31.2 Å². The highest BCUT2D eigenvalue weighted by Gasteiger charge is 2.19. The summed E-state index contributed by atoms with van der Waals surface area (Å²) >= 11 is 0. The second-order valence-electron chi connectivity index (χ2n) is 6.58. The fourth-order valence-electron chi connectivity index (χ4n) is 2.90. The van der Waals surface area contributed by atoms with Gasteiger partial charge in [-0.15, -0.1) is 0 Å². The number of carbonyl (C=O) groups is 1. The number of Topliss-reactive ketones (excluding diaryl/α,β-unsaturated/α-hetero) is 1. The van der Waals surface area contributed by atoms with Gasteiger partial charge in [-0.2, -0.15) is 0 Å². The van der Waals surface area contributed by atoms with Crippen molar-refractivity contribution in [3.8, 4) is 11.1 Å². The van der Waals surface area contributed by atoms with Gasteiger partial charge in [0.15, 0.2) is 5.78 Å². The number of rotatable bonds is 6. The van der Waals surface area contributed by atoms with E-state index in [9.17, 15) is 17.6 Å². The van der Waals surface area contributed by atoms with Crippen LogP contribution in [0.4, 0.5) is 4.39 Å². The number of sulfonamides is 1. The number of benzene rings is 3. The van der Waals surface area contributed by atoms with Gasteiger partial charge in [0.25, 0.3) is 0 Å². The van der Waals surface area contributed by atoms with E-state index in [4.69, 9.17) is 0 Å². The van der Waals surface area contributed by atoms with Crippen LogP contribution in [0.5, 0.6) is 0 Å². The Kier molecular flexibility index (Phi) is 5.72. The maximum Gasteiger partial charge on any atom is 0.240 e. The molecule has 0 spiro atoms. The summed E-state index contributed by atoms with van der Waals surface area (Å²) in [5.74, 6) is -1.27. The standard InChI is InChI=1S/C22H20FNO3S/c1-15-7-6-8-17(11-15)18-12-16(2)22(23)20(13-18)21(25)14-24-28(26,27)19-9-4-3-5-10-19/h3-13,24H,14H2,1-2H3. The van der Waals surface area contributed by atoms with E-state index < -0.39 is 28.2 Å². The van der Waals surface area contributed by atoms with E-state index in [1.165, 1.54) is 18.2 Å². The molecule has 0 aliphatic rings. The number of hydrogen-bond acceptors (Lipinski definition) is 3. The SMILES string of the molecule is Cc1cccc(-c2cc(C)c(F)c(C(=O)CNS(=O)(=O)c3ccccc3)c2)c1. The molecule has 0 saturated heterocycles. The van der Waals surface area contributed by atoms with E-state index in [0.717, 1.165) is 11.1 Å². The smallest absolute Gasteiger partial charge is 0.240 e. The molecule has 0 heterocycles. The van der Waals surface area contributed by atoms with E-state index in [2.05, 4.69) is 4.72 Å². The summed E-state index contributed by atoms with van der Waals surface area (Å²) in [6.07, 6.45) is 0. The Morgan fingerprint density at radius 2 is 1.64 bits per heavy atom. The Bertz CT molecular complexity index is 1130. The molecule has 3 aromatic rings. The number of ketones is 1. The summed E-state index contributed by atoms with van der Waals surface area (Å²) < 4.78 is 41.4. The Hall–Kier alpha value is -2.83. The van der Waals surface area contributed by atoms with Crippen LogP contribution in [0.25, 0.3) is 11.1 Å². The van der Waals surface area contributed by atoms with Gasteiger partial charge in [0, 0.05) is 0 Å². The summed E-state index contributed by atoms with van der Waals surface area (Å²) in [6, 6.07) is 18.5. The van der Waals surface area contributed by atoms with Crippen LogP contribution in [0, 0.1) is 19.7 Å². The van der Waals surface area contributed by atoms with Crippen LogP contribution in [0.2, 0.25) is 0 Å². The lowest BCUT2D eigenvalue weighted by Crippen LogP contribution is -2.30. The van der Waals surface area contributed by atoms with Crippen molar-refractivity contribution in [2.75, 3.05) is 6.54 Å². The molecule has 0 radical (unpaired) electrons. The maximum atomic E-state index is 14.6. The molecule has 4 nitrogen and oxygen atoms in total. The first-order chi connectivity index (χ1) is 13.3. The van der Waals surface area contributed by atoms with Crippen LogP contribution in [-0.2, 0) is 10.0 Å². The average Bonchev–Trinajstić information content (AvgIpc) is 2.69. The molecule has 3 aromatic carbocycles. The lowest BCUT2D eigenvalue weighted by molar-refractivity contribution is 0.0993. The second-order valence-corrected chi connectivity index (χ2v) is 8.35. The molecular weight excluding hydrogens is 377 g/mol. The highest BCUT2D eigenvalue weighted by atomic mass is 32.2. The first-order valence-electron chi connectivity index (χ1n) is 8.73. The molecule has 0 saturated carbocycles. The Morgan fingerprint density at radius 3 is 2.32 bits per heavy atom. The van der Waals surface area contributed by atoms with E-state index in [1.54, 1.807) is 31.2 Å². The summed E-state index contributed by atoms with van der Waals surface area (Å²) in [5, 5.41) is 0. The molecule has 0 fully saturated rings. The lowest BCUT2D eigenvalue weighted by atomic mass is 9.97. The first kappa shape index (κ1) is 19.9. The summed E-state index contributed by atoms with van der Waals surface area (Å²) in [5.41, 5.74) is 2.81. The van der Waals surface area contributed by atoms with Crippen molar-refractivity contribution in [2.24, 2.45) is 0 Å². The fraction of sp³-hybridized carbons (Fsp3) is 0.136. The zero-order valence-corrected chi connectivity index (χ0v) is 16.4. The molecule has 0 unspecified atom stereocenters. The monoisotopic (exact) mass is 397 g/mol. The Morgan fingerprint density at radius 1 is 0.929 bits per heavy atom. The molecule has 3 rings (SSSR count). The van der Waals surface area contributed by atoms with Crippen molar-refractivity contribution < 1.29 is 17.6 Å². The molecule has 1 N–H and O–H groups in total. The highest BCUT2D eigenvalue weighted by Crippen LogP contribution is 2.26. The minimum absolute atomic E-state index is 0.0490. The van der Waals surface area contributed by atoms with Crippen molar-refractivity contribution in [3.63, 3.8) is 0 Å². The normalized spacial score (nSPS) is 11.4. The van der Waals surface area contributed by atoms with E-state index >= 15 is 0 Å². The quantitative estimate of drug-likeness (QED) is 0.632. The molecule has 28 heavy (non-hydrogen) atoms. The lowest BCUT2D eigenvalue weighted by Gasteiger charge is -2.11. The second kappa shape index (κ2) is 8.04. The third-order valence-electron chi connectivity index (χ3n) is 4.38. The molecule has 144 valence electrons. The third-order valence-corrected chi connectivity index (χ3v) is 5.80. The molecule has 0 aliphatic carbocycles. The summed E-state index contributed by atoms with van der Waals surface area (Å²) in [7, 11) is -3.85. The number of hydrogen-bond donors (Lipinski definition) is 1. The predicted octanol–water partition coefficient (Wildman–Crippen LogP) is 4.27. The molecule has 6 heteroatoms. The van der Waals surface area contributed by atoms with Crippen LogP contribution in [0.15, 0.2) is 71.6 Å². The fourth-order valence-corrected chi connectivity index (χ4v) is 3.91. The molecule has 0 amide bonds. The number of carbonyl (C=O) groups excluding carboxylic acids is 1. The van der Waals surface area contributed by atoms with Crippen LogP contribution in [0.1, 0.15) is 21.5 Å². The predicted molar refractivity (Wildman–Crippen MR) is 107 cm³/mol. The van der Waals surface area contributed by atoms with Crippen LogP contribution in [-0.4, -0.2) is 20.7 Å². The van der Waals surface area contributed by atoms with Gasteiger partial charge in [-0.1, -0.05) is 48.0 Å². The Balaban J connectivity index is 1.87. The van der Waals surface area contributed by atoms with Gasteiger partial charge in [0.05, 0.1) is 17.0 Å². The van der Waals surface area contributed by atoms with Gasteiger partial charge in [-0.3, -0.25) is 4.79 Å². The van der Waals surface area contributed by atoms with E-state index in [-0.39, 0.29) is 10.5 Å². The minimum Gasteiger partial charge on any atom is -0.293 e. The van der Waals surface area contributed by atoms with Crippen molar-refractivity contribution >= 4 is 15.8 Å². The van der Waals surface area contributed by atoms with Crippen molar-refractivity contribution in [1.29, 1.82) is 0 Å². The largest absolute Gasteiger partial charge is 0.293 e. The van der Waals surface area contributed by atoms with Gasteiger partial charge in [-0.05, 0) is 54.8 Å². The van der Waals surface area contributed by atoms with Crippen molar-refractivity contribution in [1.82, 2.24) is 4.72 Å². The first-order valence-corrected chi connectivity index (χ1v) is 10.2. The van der Waals surface area contributed by atoms with Crippen LogP contribution < -0.4 is 4.72 Å². The molecular formula is C22H20FNO3S.